The van der Waals surface area contributed by atoms with E-state index in [1.807, 2.05) is 9.80 Å². The Bertz CT molecular complexity index is 889. The van der Waals surface area contributed by atoms with Crippen LogP contribution < -0.4 is 14.5 Å². The van der Waals surface area contributed by atoms with E-state index in [2.05, 4.69) is 30.5 Å². The maximum atomic E-state index is 12.4. The monoisotopic (exact) mass is 381 g/mol. The molecule has 0 radical (unpaired) electrons. The number of piperazine rings is 1. The van der Waals surface area contributed by atoms with Gasteiger partial charge >= 0.3 is 6.36 Å². The lowest BCUT2D eigenvalue weighted by Gasteiger charge is -2.36. The molecule has 1 saturated heterocycles. The van der Waals surface area contributed by atoms with Gasteiger partial charge in [-0.05, 0) is 17.3 Å². The van der Waals surface area contributed by atoms with E-state index < -0.39 is 6.36 Å². The van der Waals surface area contributed by atoms with Gasteiger partial charge in [-0.1, -0.05) is 11.2 Å². The predicted molar refractivity (Wildman–Crippen MR) is 87.2 cm³/mol. The Labute approximate surface area is 150 Å². The summed E-state index contributed by atoms with van der Waals surface area (Å²) in [5.74, 6) is 1.12. The van der Waals surface area contributed by atoms with Gasteiger partial charge in [-0.2, -0.15) is 5.21 Å². The lowest BCUT2D eigenvalue weighted by atomic mass is 10.2. The predicted octanol–water partition coefficient (Wildman–Crippen LogP) is 2.08. The van der Waals surface area contributed by atoms with Gasteiger partial charge in [0.15, 0.2) is 5.82 Å². The molecule has 27 heavy (non-hydrogen) atoms. The van der Waals surface area contributed by atoms with Crippen molar-refractivity contribution < 1.29 is 22.4 Å². The van der Waals surface area contributed by atoms with Crippen molar-refractivity contribution in [1.82, 2.24) is 25.8 Å². The number of rotatable bonds is 4. The van der Waals surface area contributed by atoms with Gasteiger partial charge in [0.05, 0.1) is 0 Å². The molecule has 3 aromatic rings. The molecule has 0 amide bonds. The number of tetrazole rings is 1. The Morgan fingerprint density at radius 1 is 1.07 bits per heavy atom. The second-order valence-corrected chi connectivity index (χ2v) is 5.80. The highest BCUT2D eigenvalue weighted by atomic mass is 19.4. The molecule has 4 rings (SSSR count). The highest BCUT2D eigenvalue weighted by molar-refractivity contribution is 5.55. The van der Waals surface area contributed by atoms with Crippen LogP contribution in [-0.2, 0) is 0 Å². The molecule has 1 aromatic carbocycles. The van der Waals surface area contributed by atoms with E-state index in [4.69, 9.17) is 4.52 Å². The number of aromatic amines is 1. The van der Waals surface area contributed by atoms with Crippen LogP contribution in [0.2, 0.25) is 0 Å². The lowest BCUT2D eigenvalue weighted by molar-refractivity contribution is -0.274. The minimum Gasteiger partial charge on any atom is -0.406 e. The second kappa shape index (κ2) is 6.78. The number of ether oxygens (including phenoxy) is 1. The van der Waals surface area contributed by atoms with Crippen molar-refractivity contribution in [2.75, 3.05) is 36.0 Å². The van der Waals surface area contributed by atoms with Crippen LogP contribution >= 0.6 is 0 Å². The molecule has 0 aliphatic carbocycles. The van der Waals surface area contributed by atoms with E-state index in [-0.39, 0.29) is 5.75 Å². The van der Waals surface area contributed by atoms with Crippen LogP contribution in [0.1, 0.15) is 0 Å². The fourth-order valence-corrected chi connectivity index (χ4v) is 2.86. The first kappa shape index (κ1) is 17.1. The molecule has 0 bridgehead atoms. The minimum absolute atomic E-state index is 0.233. The van der Waals surface area contributed by atoms with Gasteiger partial charge in [-0.3, -0.25) is 0 Å². The Balaban J connectivity index is 1.40. The Morgan fingerprint density at radius 3 is 2.56 bits per heavy atom. The number of anilines is 2. The van der Waals surface area contributed by atoms with Crippen molar-refractivity contribution in [3.63, 3.8) is 0 Å². The van der Waals surface area contributed by atoms with Gasteiger partial charge in [0.25, 0.3) is 0 Å². The molecule has 0 unspecified atom stereocenters. The van der Waals surface area contributed by atoms with Crippen LogP contribution in [0.5, 0.6) is 5.75 Å². The van der Waals surface area contributed by atoms with Crippen LogP contribution in [0.25, 0.3) is 11.6 Å². The van der Waals surface area contributed by atoms with E-state index in [1.165, 1.54) is 18.2 Å². The van der Waals surface area contributed by atoms with Gasteiger partial charge < -0.3 is 19.1 Å². The number of hydrogen-bond acceptors (Lipinski definition) is 8. The zero-order valence-corrected chi connectivity index (χ0v) is 13.8. The van der Waals surface area contributed by atoms with Gasteiger partial charge in [0, 0.05) is 44.0 Å². The number of halogens is 3. The van der Waals surface area contributed by atoms with Gasteiger partial charge in [0.1, 0.15) is 5.75 Å². The number of benzene rings is 1. The molecule has 0 atom stereocenters. The Hall–Kier alpha value is -3.31. The van der Waals surface area contributed by atoms with Crippen molar-refractivity contribution in [1.29, 1.82) is 0 Å². The quantitative estimate of drug-likeness (QED) is 0.734. The smallest absolute Gasteiger partial charge is 0.406 e. The first-order valence-corrected chi connectivity index (χ1v) is 8.04. The summed E-state index contributed by atoms with van der Waals surface area (Å²) in [5, 5.41) is 17.5. The number of hydrogen-bond donors (Lipinski definition) is 1. The maximum Gasteiger partial charge on any atom is 0.573 e. The zero-order chi connectivity index (χ0) is 18.9. The summed E-state index contributed by atoms with van der Waals surface area (Å²) >= 11 is 0. The maximum absolute atomic E-state index is 12.4. The molecule has 3 heterocycles. The molecule has 142 valence electrons. The third-order valence-corrected chi connectivity index (χ3v) is 4.08. The van der Waals surface area contributed by atoms with Crippen molar-refractivity contribution in [2.24, 2.45) is 0 Å². The third kappa shape index (κ3) is 3.93. The number of aromatic nitrogens is 5. The van der Waals surface area contributed by atoms with Gasteiger partial charge in [-0.15, -0.1) is 23.4 Å². The fraction of sp³-hybridized carbons (Fsp3) is 0.333. The molecule has 12 heteroatoms. The summed E-state index contributed by atoms with van der Waals surface area (Å²) in [6, 6.07) is 7.68. The molecule has 9 nitrogen and oxygen atoms in total. The van der Waals surface area contributed by atoms with Crippen molar-refractivity contribution in [2.45, 2.75) is 6.36 Å². The summed E-state index contributed by atoms with van der Waals surface area (Å²) in [4.78, 5) is 4.00. The Morgan fingerprint density at radius 2 is 1.85 bits per heavy atom. The molecular weight excluding hydrogens is 367 g/mol. The SMILES string of the molecule is FC(F)(F)Oc1cccc(N2CCN(c3cc(-c4nn[nH]n4)on3)CC2)c1. The van der Waals surface area contributed by atoms with Gasteiger partial charge in [0.2, 0.25) is 11.6 Å². The number of nitrogens with one attached hydrogen (secondary N) is 1. The van der Waals surface area contributed by atoms with E-state index in [9.17, 15) is 13.2 Å². The number of H-pyrrole nitrogens is 1. The first-order chi connectivity index (χ1) is 13.0. The van der Waals surface area contributed by atoms with E-state index in [0.29, 0.717) is 49.3 Å². The van der Waals surface area contributed by atoms with Crippen LogP contribution in [0.3, 0.4) is 0 Å². The molecule has 1 N–H and O–H groups in total. The zero-order valence-electron chi connectivity index (χ0n) is 13.8. The summed E-state index contributed by atoms with van der Waals surface area (Å²) in [5.41, 5.74) is 0.670. The van der Waals surface area contributed by atoms with E-state index >= 15 is 0 Å². The van der Waals surface area contributed by atoms with Crippen molar-refractivity contribution in [3.05, 3.63) is 30.3 Å². The fourth-order valence-electron chi connectivity index (χ4n) is 2.86. The second-order valence-electron chi connectivity index (χ2n) is 5.80. The normalized spacial score (nSPS) is 15.2. The summed E-state index contributed by atoms with van der Waals surface area (Å²) < 4.78 is 46.4. The lowest BCUT2D eigenvalue weighted by Crippen LogP contribution is -2.46. The van der Waals surface area contributed by atoms with Crippen LogP contribution in [0, 0.1) is 0 Å². The highest BCUT2D eigenvalue weighted by Crippen LogP contribution is 2.28. The largest absolute Gasteiger partial charge is 0.573 e. The van der Waals surface area contributed by atoms with Crippen LogP contribution in [-0.4, -0.2) is 58.3 Å². The molecule has 0 saturated carbocycles. The average Bonchev–Trinajstić information content (AvgIpc) is 3.32. The molecule has 0 spiro atoms. The van der Waals surface area contributed by atoms with Crippen molar-refractivity contribution in [3.8, 4) is 17.3 Å². The van der Waals surface area contributed by atoms with Crippen LogP contribution in [0.15, 0.2) is 34.9 Å². The minimum atomic E-state index is -4.71. The van der Waals surface area contributed by atoms with E-state index in [0.717, 1.165) is 0 Å². The summed E-state index contributed by atoms with van der Waals surface area (Å²) in [6.07, 6.45) is -4.71. The van der Waals surface area contributed by atoms with Crippen molar-refractivity contribution >= 4 is 11.5 Å². The van der Waals surface area contributed by atoms with E-state index in [1.54, 1.807) is 12.1 Å². The molecule has 1 aliphatic heterocycles. The number of alkyl halides is 3. The Kier molecular flexibility index (Phi) is 4.30. The number of nitrogens with zero attached hydrogens (tertiary/aromatic N) is 6. The third-order valence-electron chi connectivity index (χ3n) is 4.08. The topological polar surface area (TPSA) is 96.2 Å². The summed E-state index contributed by atoms with van der Waals surface area (Å²) in [6.45, 7) is 2.48. The molecule has 2 aromatic heterocycles. The molecule has 1 fully saturated rings. The van der Waals surface area contributed by atoms with Crippen LogP contribution in [0.4, 0.5) is 24.7 Å². The summed E-state index contributed by atoms with van der Waals surface area (Å²) in [7, 11) is 0. The average molecular weight is 381 g/mol. The standard InChI is InChI=1S/C15H14F3N7O2/c16-15(17,18)26-11-3-1-2-10(8-11)24-4-6-25(7-5-24)13-9-12(27-21-13)14-19-22-23-20-14/h1-3,8-9H,4-7H2,(H,19,20,22,23). The highest BCUT2D eigenvalue weighted by Gasteiger charge is 2.31. The first-order valence-electron chi connectivity index (χ1n) is 8.04. The van der Waals surface area contributed by atoms with Gasteiger partial charge in [-0.25, -0.2) is 0 Å². The molecular formula is C15H14F3N7O2. The molecule has 1 aliphatic rings.